The van der Waals surface area contributed by atoms with Crippen LogP contribution in [0.25, 0.3) is 0 Å². The maximum atomic E-state index is 13.8. The third-order valence-corrected chi connectivity index (χ3v) is 11.2. The fourth-order valence-corrected chi connectivity index (χ4v) is 8.15. The van der Waals surface area contributed by atoms with Gasteiger partial charge >= 0.3 is 0 Å². The van der Waals surface area contributed by atoms with Crippen LogP contribution >= 0.6 is 11.3 Å². The Balaban J connectivity index is 1.29. The van der Waals surface area contributed by atoms with E-state index < -0.39 is 10.0 Å². The zero-order chi connectivity index (χ0) is 27.9. The summed E-state index contributed by atoms with van der Waals surface area (Å²) in [5.41, 5.74) is 4.82. The smallest absolute Gasteiger partial charge is 0.243 e. The highest BCUT2D eigenvalue weighted by Gasteiger charge is 2.38. The van der Waals surface area contributed by atoms with Crippen LogP contribution in [0.15, 0.2) is 64.9 Å². The number of rotatable bonds is 5. The highest BCUT2D eigenvalue weighted by atomic mass is 32.2. The quantitative estimate of drug-likeness (QED) is 0.426. The Labute approximate surface area is 237 Å². The summed E-state index contributed by atoms with van der Waals surface area (Å²) in [6, 6.07) is 17.6. The third kappa shape index (κ3) is 5.44. The van der Waals surface area contributed by atoms with Gasteiger partial charge in [-0.3, -0.25) is 9.69 Å². The van der Waals surface area contributed by atoms with Crippen molar-refractivity contribution < 1.29 is 13.2 Å². The van der Waals surface area contributed by atoms with Crippen LogP contribution in [-0.2, 0) is 26.7 Å². The molecule has 1 fully saturated rings. The van der Waals surface area contributed by atoms with E-state index in [1.807, 2.05) is 24.0 Å². The number of amides is 1. The number of hydrogen-bond acceptors (Lipinski definition) is 5. The Morgan fingerprint density at radius 1 is 0.923 bits per heavy atom. The van der Waals surface area contributed by atoms with E-state index in [2.05, 4.69) is 68.3 Å². The summed E-state index contributed by atoms with van der Waals surface area (Å²) in [4.78, 5) is 19.7. The third-order valence-electron chi connectivity index (χ3n) is 8.25. The van der Waals surface area contributed by atoms with Gasteiger partial charge in [0.25, 0.3) is 0 Å². The number of nitrogens with zero attached hydrogens (tertiary/aromatic N) is 3. The van der Waals surface area contributed by atoms with Crippen molar-refractivity contribution in [1.82, 2.24) is 14.1 Å². The number of benzene rings is 2. The van der Waals surface area contributed by atoms with Crippen LogP contribution in [0.1, 0.15) is 60.9 Å². The normalized spacial score (nSPS) is 20.0. The van der Waals surface area contributed by atoms with Crippen LogP contribution in [0.3, 0.4) is 0 Å². The van der Waals surface area contributed by atoms with E-state index in [-0.39, 0.29) is 23.4 Å². The first-order valence-electron chi connectivity index (χ1n) is 13.8. The predicted octanol–water partition coefficient (Wildman–Crippen LogP) is 5.22. The van der Waals surface area contributed by atoms with Crippen molar-refractivity contribution in [2.75, 3.05) is 32.7 Å². The molecule has 0 radical (unpaired) electrons. The molecule has 0 aliphatic carbocycles. The Morgan fingerprint density at radius 3 is 2.23 bits per heavy atom. The monoisotopic (exact) mass is 565 g/mol. The summed E-state index contributed by atoms with van der Waals surface area (Å²) in [6.07, 6.45) is 0.938. The molecule has 0 N–H and O–H groups in total. The second kappa shape index (κ2) is 10.8. The molecule has 5 rings (SSSR count). The number of aryl methyl sites for hydroxylation is 1. The number of piperazine rings is 1. The SMILES string of the molecule is Cc1ccccc1C1c2ccsc2CCN1C(C)C(=O)N1CCN(S(=O)(=O)c2ccc(C(C)(C)C)cc2)CC1. The average molecular weight is 566 g/mol. The van der Waals surface area contributed by atoms with Crippen molar-refractivity contribution in [1.29, 1.82) is 0 Å². The molecule has 0 spiro atoms. The molecule has 2 aliphatic rings. The Kier molecular flexibility index (Phi) is 7.76. The molecule has 6 nitrogen and oxygen atoms in total. The lowest BCUT2D eigenvalue weighted by Gasteiger charge is -2.42. The second-order valence-electron chi connectivity index (χ2n) is 11.7. The Hall–Kier alpha value is -2.52. The minimum absolute atomic E-state index is 0.0391. The lowest BCUT2D eigenvalue weighted by molar-refractivity contribution is -0.138. The van der Waals surface area contributed by atoms with Gasteiger partial charge in [0.15, 0.2) is 0 Å². The summed E-state index contributed by atoms with van der Waals surface area (Å²) in [5, 5.41) is 2.16. The maximum Gasteiger partial charge on any atom is 0.243 e. The van der Waals surface area contributed by atoms with Gasteiger partial charge in [-0.25, -0.2) is 8.42 Å². The predicted molar refractivity (Wildman–Crippen MR) is 158 cm³/mol. The van der Waals surface area contributed by atoms with Crippen molar-refractivity contribution in [2.24, 2.45) is 0 Å². The second-order valence-corrected chi connectivity index (χ2v) is 14.7. The van der Waals surface area contributed by atoms with E-state index in [4.69, 9.17) is 0 Å². The van der Waals surface area contributed by atoms with E-state index in [1.54, 1.807) is 23.5 Å². The van der Waals surface area contributed by atoms with E-state index >= 15 is 0 Å². The molecule has 3 heterocycles. The molecule has 0 bridgehead atoms. The molecule has 2 aromatic carbocycles. The molecule has 2 unspecified atom stereocenters. The number of hydrogen-bond donors (Lipinski definition) is 0. The first-order chi connectivity index (χ1) is 18.5. The minimum Gasteiger partial charge on any atom is -0.339 e. The summed E-state index contributed by atoms with van der Waals surface area (Å²) in [5.74, 6) is 0.0684. The van der Waals surface area contributed by atoms with Crippen molar-refractivity contribution in [3.05, 3.63) is 87.1 Å². The molecule has 3 aromatic rings. The van der Waals surface area contributed by atoms with Gasteiger partial charge in [-0.1, -0.05) is 57.2 Å². The van der Waals surface area contributed by atoms with Gasteiger partial charge < -0.3 is 4.90 Å². The van der Waals surface area contributed by atoms with E-state index in [0.29, 0.717) is 31.1 Å². The van der Waals surface area contributed by atoms with E-state index in [9.17, 15) is 13.2 Å². The number of fused-ring (bicyclic) bond motifs is 1. The van der Waals surface area contributed by atoms with Crippen LogP contribution in [0.2, 0.25) is 0 Å². The lowest BCUT2D eigenvalue weighted by atomic mass is 9.87. The first kappa shape index (κ1) is 28.0. The molecular formula is C31H39N3O3S2. The van der Waals surface area contributed by atoms with Crippen molar-refractivity contribution in [2.45, 2.75) is 63.4 Å². The van der Waals surface area contributed by atoms with Crippen LogP contribution < -0.4 is 0 Å². The lowest BCUT2D eigenvalue weighted by Crippen LogP contribution is -2.56. The number of sulfonamides is 1. The number of thiophene rings is 1. The van der Waals surface area contributed by atoms with Gasteiger partial charge in [-0.05, 0) is 71.5 Å². The molecule has 2 atom stereocenters. The zero-order valence-corrected chi connectivity index (χ0v) is 25.2. The summed E-state index contributed by atoms with van der Waals surface area (Å²) in [6.45, 7) is 12.7. The zero-order valence-electron chi connectivity index (χ0n) is 23.6. The molecule has 8 heteroatoms. The van der Waals surface area contributed by atoms with Crippen LogP contribution in [0.4, 0.5) is 0 Å². The fraction of sp³-hybridized carbons (Fsp3) is 0.452. The molecule has 1 amide bonds. The molecular weight excluding hydrogens is 526 g/mol. The molecule has 1 aromatic heterocycles. The van der Waals surface area contributed by atoms with Gasteiger partial charge in [0, 0.05) is 37.6 Å². The fourth-order valence-electron chi connectivity index (χ4n) is 5.82. The Morgan fingerprint density at radius 2 is 1.59 bits per heavy atom. The van der Waals surface area contributed by atoms with Gasteiger partial charge in [0.1, 0.15) is 0 Å². The first-order valence-corrected chi connectivity index (χ1v) is 16.1. The number of carbonyl (C=O) groups excluding carboxylic acids is 1. The molecule has 1 saturated heterocycles. The summed E-state index contributed by atoms with van der Waals surface area (Å²) >= 11 is 1.80. The molecule has 208 valence electrons. The largest absolute Gasteiger partial charge is 0.339 e. The summed E-state index contributed by atoms with van der Waals surface area (Å²) < 4.78 is 28.2. The highest BCUT2D eigenvalue weighted by molar-refractivity contribution is 7.89. The summed E-state index contributed by atoms with van der Waals surface area (Å²) in [7, 11) is -3.60. The number of carbonyl (C=O) groups is 1. The highest BCUT2D eigenvalue weighted by Crippen LogP contribution is 2.40. The van der Waals surface area contributed by atoms with Crippen LogP contribution in [0, 0.1) is 6.92 Å². The Bertz CT molecular complexity index is 1430. The average Bonchev–Trinajstić information content (AvgIpc) is 3.41. The van der Waals surface area contributed by atoms with Gasteiger partial charge in [-0.2, -0.15) is 4.31 Å². The van der Waals surface area contributed by atoms with Gasteiger partial charge in [0.05, 0.1) is 17.0 Å². The topological polar surface area (TPSA) is 60.9 Å². The van der Waals surface area contributed by atoms with Crippen molar-refractivity contribution >= 4 is 27.3 Å². The minimum atomic E-state index is -3.60. The van der Waals surface area contributed by atoms with Gasteiger partial charge in [-0.15, -0.1) is 11.3 Å². The van der Waals surface area contributed by atoms with E-state index in [0.717, 1.165) is 18.5 Å². The standard InChI is InChI=1S/C31H39N3O3S2/c1-22-8-6-7-9-26(22)29-27-15-21-38-28(27)14-16-34(29)23(2)30(35)32-17-19-33(20-18-32)39(36,37)25-12-10-24(11-13-25)31(3,4)5/h6-13,15,21,23,29H,14,16-20H2,1-5H3. The molecule has 0 saturated carbocycles. The maximum absolute atomic E-state index is 13.8. The molecule has 2 aliphatic heterocycles. The van der Waals surface area contributed by atoms with Gasteiger partial charge in [0.2, 0.25) is 15.9 Å². The van der Waals surface area contributed by atoms with Crippen LogP contribution in [0.5, 0.6) is 0 Å². The van der Waals surface area contributed by atoms with Crippen molar-refractivity contribution in [3.8, 4) is 0 Å². The molecule has 39 heavy (non-hydrogen) atoms. The van der Waals surface area contributed by atoms with E-state index in [1.165, 1.54) is 25.9 Å². The van der Waals surface area contributed by atoms with Crippen LogP contribution in [-0.4, -0.2) is 67.2 Å². The van der Waals surface area contributed by atoms with Crippen molar-refractivity contribution in [3.63, 3.8) is 0 Å².